The van der Waals surface area contributed by atoms with Crippen LogP contribution in [-0.4, -0.2) is 97.2 Å². The van der Waals surface area contributed by atoms with Crippen molar-refractivity contribution in [1.82, 2.24) is 25.0 Å². The van der Waals surface area contributed by atoms with Crippen molar-refractivity contribution < 1.29 is 9.53 Å². The van der Waals surface area contributed by atoms with Crippen LogP contribution in [0.2, 0.25) is 0 Å². The molecule has 3 saturated heterocycles. The topological polar surface area (TPSA) is 60.9 Å². The summed E-state index contributed by atoms with van der Waals surface area (Å²) in [7, 11) is 0. The molecule has 3 aliphatic rings. The van der Waals surface area contributed by atoms with Crippen molar-refractivity contribution in [3.8, 4) is 0 Å². The van der Waals surface area contributed by atoms with E-state index in [4.69, 9.17) is 4.74 Å². The molecular weight excluding hydrogens is 378 g/mol. The first-order valence-corrected chi connectivity index (χ1v) is 11.7. The Morgan fingerprint density at radius 1 is 1.03 bits per heavy atom. The van der Waals surface area contributed by atoms with E-state index in [2.05, 4.69) is 37.1 Å². The van der Waals surface area contributed by atoms with Crippen LogP contribution in [0.4, 0.5) is 0 Å². The van der Waals surface area contributed by atoms with E-state index in [1.807, 2.05) is 12.4 Å². The van der Waals surface area contributed by atoms with Crippen molar-refractivity contribution in [1.29, 1.82) is 0 Å². The number of rotatable bonds is 7. The first-order valence-electron chi connectivity index (χ1n) is 11.7. The Hall–Kier alpha value is -1.54. The second-order valence-electron chi connectivity index (χ2n) is 8.94. The Labute approximate surface area is 180 Å². The SMILES string of the molecule is O=C(NCCN1CCOCC1)[C@H]1CCCN(C2CCN(Cc3ccncc3)CC2)C1. The van der Waals surface area contributed by atoms with Gasteiger partial charge in [-0.2, -0.15) is 0 Å². The molecule has 1 N–H and O–H groups in total. The van der Waals surface area contributed by atoms with Crippen LogP contribution >= 0.6 is 0 Å². The van der Waals surface area contributed by atoms with Gasteiger partial charge < -0.3 is 10.1 Å². The number of hydrogen-bond acceptors (Lipinski definition) is 6. The van der Waals surface area contributed by atoms with Crippen LogP contribution in [0.15, 0.2) is 24.5 Å². The maximum Gasteiger partial charge on any atom is 0.224 e. The summed E-state index contributed by atoms with van der Waals surface area (Å²) >= 11 is 0. The van der Waals surface area contributed by atoms with Crippen LogP contribution in [0.3, 0.4) is 0 Å². The zero-order chi connectivity index (χ0) is 20.6. The summed E-state index contributed by atoms with van der Waals surface area (Å²) in [6.45, 7) is 10.6. The molecule has 1 amide bonds. The summed E-state index contributed by atoms with van der Waals surface area (Å²) in [6.07, 6.45) is 8.33. The van der Waals surface area contributed by atoms with Crippen LogP contribution in [0.1, 0.15) is 31.2 Å². The first-order chi connectivity index (χ1) is 14.8. The molecule has 7 heteroatoms. The number of likely N-dealkylation sites (tertiary alicyclic amines) is 2. The maximum atomic E-state index is 12.7. The van der Waals surface area contributed by atoms with Crippen molar-refractivity contribution >= 4 is 5.91 Å². The Morgan fingerprint density at radius 2 is 1.80 bits per heavy atom. The molecule has 3 aliphatic heterocycles. The molecule has 3 fully saturated rings. The molecule has 30 heavy (non-hydrogen) atoms. The third kappa shape index (κ3) is 6.23. The van der Waals surface area contributed by atoms with Crippen molar-refractivity contribution in [2.75, 3.05) is 65.6 Å². The zero-order valence-electron chi connectivity index (χ0n) is 18.2. The normalized spacial score (nSPS) is 25.3. The lowest BCUT2D eigenvalue weighted by atomic mass is 9.93. The van der Waals surface area contributed by atoms with Gasteiger partial charge in [-0.05, 0) is 63.0 Å². The Kier molecular flexibility index (Phi) is 8.08. The monoisotopic (exact) mass is 415 g/mol. The molecule has 0 bridgehead atoms. The van der Waals surface area contributed by atoms with Crippen molar-refractivity contribution in [3.05, 3.63) is 30.1 Å². The van der Waals surface area contributed by atoms with Gasteiger partial charge in [0.25, 0.3) is 0 Å². The summed E-state index contributed by atoms with van der Waals surface area (Å²) in [6, 6.07) is 4.85. The molecule has 1 atom stereocenters. The van der Waals surface area contributed by atoms with E-state index in [9.17, 15) is 4.79 Å². The number of nitrogens with zero attached hydrogens (tertiary/aromatic N) is 4. The number of hydrogen-bond donors (Lipinski definition) is 1. The van der Waals surface area contributed by atoms with E-state index in [1.54, 1.807) is 0 Å². The van der Waals surface area contributed by atoms with Gasteiger partial charge in [0.05, 0.1) is 19.1 Å². The molecule has 0 radical (unpaired) electrons. The third-order valence-electron chi connectivity index (χ3n) is 6.88. The molecule has 4 heterocycles. The summed E-state index contributed by atoms with van der Waals surface area (Å²) in [5.74, 6) is 0.404. The lowest BCUT2D eigenvalue weighted by molar-refractivity contribution is -0.127. The van der Waals surface area contributed by atoms with E-state index in [-0.39, 0.29) is 11.8 Å². The number of morpholine rings is 1. The summed E-state index contributed by atoms with van der Waals surface area (Å²) in [5, 5.41) is 3.20. The van der Waals surface area contributed by atoms with Crippen LogP contribution in [-0.2, 0) is 16.1 Å². The van der Waals surface area contributed by atoms with Crippen LogP contribution in [0.5, 0.6) is 0 Å². The van der Waals surface area contributed by atoms with E-state index in [1.165, 1.54) is 18.4 Å². The van der Waals surface area contributed by atoms with Crippen molar-refractivity contribution in [2.45, 2.75) is 38.3 Å². The number of nitrogens with one attached hydrogen (secondary N) is 1. The fourth-order valence-corrected chi connectivity index (χ4v) is 5.05. The van der Waals surface area contributed by atoms with Gasteiger partial charge in [0, 0.05) is 57.7 Å². The van der Waals surface area contributed by atoms with E-state index >= 15 is 0 Å². The predicted octanol–water partition coefficient (Wildman–Crippen LogP) is 1.21. The molecule has 1 aromatic heterocycles. The van der Waals surface area contributed by atoms with Gasteiger partial charge in [0.15, 0.2) is 0 Å². The Balaban J connectivity index is 1.17. The second kappa shape index (κ2) is 11.2. The van der Waals surface area contributed by atoms with Crippen molar-refractivity contribution in [2.24, 2.45) is 5.92 Å². The maximum absolute atomic E-state index is 12.7. The van der Waals surface area contributed by atoms with Gasteiger partial charge in [0.2, 0.25) is 5.91 Å². The molecular formula is C23H37N5O2. The largest absolute Gasteiger partial charge is 0.379 e. The Morgan fingerprint density at radius 3 is 2.57 bits per heavy atom. The summed E-state index contributed by atoms with van der Waals surface area (Å²) in [5.41, 5.74) is 1.34. The number of piperidine rings is 2. The first kappa shape index (κ1) is 21.7. The highest BCUT2D eigenvalue weighted by Gasteiger charge is 2.31. The van der Waals surface area contributed by atoms with E-state index in [0.29, 0.717) is 6.04 Å². The van der Waals surface area contributed by atoms with E-state index in [0.717, 1.165) is 85.0 Å². The highest BCUT2D eigenvalue weighted by molar-refractivity contribution is 5.78. The van der Waals surface area contributed by atoms with Gasteiger partial charge in [-0.3, -0.25) is 24.5 Å². The number of pyridine rings is 1. The third-order valence-corrected chi connectivity index (χ3v) is 6.88. The second-order valence-corrected chi connectivity index (χ2v) is 8.94. The summed E-state index contributed by atoms with van der Waals surface area (Å²) < 4.78 is 5.39. The lowest BCUT2D eigenvalue weighted by Gasteiger charge is -2.42. The average Bonchev–Trinajstić information content (AvgIpc) is 2.81. The minimum atomic E-state index is 0.151. The fraction of sp³-hybridized carbons (Fsp3) is 0.739. The minimum Gasteiger partial charge on any atom is -0.379 e. The highest BCUT2D eigenvalue weighted by atomic mass is 16.5. The molecule has 166 valence electrons. The number of aromatic nitrogens is 1. The molecule has 1 aromatic rings. The van der Waals surface area contributed by atoms with Crippen molar-refractivity contribution in [3.63, 3.8) is 0 Å². The highest BCUT2D eigenvalue weighted by Crippen LogP contribution is 2.24. The van der Waals surface area contributed by atoms with Gasteiger partial charge >= 0.3 is 0 Å². The minimum absolute atomic E-state index is 0.151. The van der Waals surface area contributed by atoms with Crippen LogP contribution in [0, 0.1) is 5.92 Å². The number of carbonyl (C=O) groups excluding carboxylic acids is 1. The quantitative estimate of drug-likeness (QED) is 0.722. The fourth-order valence-electron chi connectivity index (χ4n) is 5.05. The van der Waals surface area contributed by atoms with Gasteiger partial charge in [-0.1, -0.05) is 0 Å². The van der Waals surface area contributed by atoms with Gasteiger partial charge in [-0.25, -0.2) is 0 Å². The molecule has 0 spiro atoms. The smallest absolute Gasteiger partial charge is 0.224 e. The van der Waals surface area contributed by atoms with Crippen LogP contribution < -0.4 is 5.32 Å². The van der Waals surface area contributed by atoms with E-state index < -0.39 is 0 Å². The molecule has 4 rings (SSSR count). The molecule has 0 aliphatic carbocycles. The molecule has 0 saturated carbocycles. The lowest BCUT2D eigenvalue weighted by Crippen LogP contribution is -2.51. The Bertz CT molecular complexity index is 644. The summed E-state index contributed by atoms with van der Waals surface area (Å²) in [4.78, 5) is 24.4. The number of ether oxygens (including phenoxy) is 1. The number of carbonyl (C=O) groups is 1. The number of amides is 1. The predicted molar refractivity (Wildman–Crippen MR) is 117 cm³/mol. The molecule has 0 aromatic carbocycles. The standard InChI is InChI=1S/C23H37N5O2/c29-23(25-9-13-26-14-16-30-17-15-26)21-2-1-10-28(19-21)22-5-11-27(12-6-22)18-20-3-7-24-8-4-20/h3-4,7-8,21-22H,1-2,5-6,9-19H2,(H,25,29)/t21-/m0/s1. The van der Waals surface area contributed by atoms with Gasteiger partial charge in [-0.15, -0.1) is 0 Å². The zero-order valence-corrected chi connectivity index (χ0v) is 18.2. The van der Waals surface area contributed by atoms with Gasteiger partial charge in [0.1, 0.15) is 0 Å². The average molecular weight is 416 g/mol. The van der Waals surface area contributed by atoms with Crippen LogP contribution in [0.25, 0.3) is 0 Å². The molecule has 0 unspecified atom stereocenters. The molecule has 7 nitrogen and oxygen atoms in total.